The molecule has 0 radical (unpaired) electrons. The minimum absolute atomic E-state index is 0.111. The topological polar surface area (TPSA) is 58.3 Å². The summed E-state index contributed by atoms with van der Waals surface area (Å²) in [6.45, 7) is 1.68. The fourth-order valence-electron chi connectivity index (χ4n) is 2.68. The summed E-state index contributed by atoms with van der Waals surface area (Å²) in [5, 5.41) is 23.3. The van der Waals surface area contributed by atoms with Gasteiger partial charge in [-0.15, -0.1) is 0 Å². The van der Waals surface area contributed by atoms with Crippen molar-refractivity contribution in [2.45, 2.75) is 37.6 Å². The number of halogens is 3. The van der Waals surface area contributed by atoms with Crippen molar-refractivity contribution < 1.29 is 23.4 Å². The molecule has 1 aliphatic rings. The van der Waals surface area contributed by atoms with Crippen LogP contribution >= 0.6 is 0 Å². The van der Waals surface area contributed by atoms with Crippen molar-refractivity contribution in [3.63, 3.8) is 0 Å². The first kappa shape index (κ1) is 13.2. The average Bonchev–Trinajstić information content (AvgIpc) is 2.66. The number of fused-ring (bicyclic) bond motifs is 1. The molecule has 0 unspecified atom stereocenters. The molecule has 1 saturated carbocycles. The lowest BCUT2D eigenvalue weighted by Crippen LogP contribution is -2.42. The Labute approximate surface area is 112 Å². The maximum Gasteiger partial charge on any atom is 0.418 e. The molecule has 0 spiro atoms. The van der Waals surface area contributed by atoms with Crippen LogP contribution in [0.4, 0.5) is 13.2 Å². The summed E-state index contributed by atoms with van der Waals surface area (Å²) in [6, 6.07) is 1.82. The zero-order chi connectivity index (χ0) is 14.7. The molecule has 1 aromatic heterocycles. The number of rotatable bonds is 1. The molecule has 1 fully saturated rings. The highest BCUT2D eigenvalue weighted by Crippen LogP contribution is 2.42. The molecular formula is C13H13F3N2O2. The molecule has 20 heavy (non-hydrogen) atoms. The summed E-state index contributed by atoms with van der Waals surface area (Å²) < 4.78 is 40.2. The van der Waals surface area contributed by atoms with E-state index in [1.54, 1.807) is 6.92 Å². The molecule has 2 N–H and O–H groups in total. The summed E-state index contributed by atoms with van der Waals surface area (Å²) in [5.74, 6) is -0.440. The number of alkyl halides is 3. The van der Waals surface area contributed by atoms with Crippen molar-refractivity contribution in [1.82, 2.24) is 9.78 Å². The highest BCUT2D eigenvalue weighted by Gasteiger charge is 2.41. The Morgan fingerprint density at radius 2 is 2.00 bits per heavy atom. The number of nitrogens with zero attached hydrogens (tertiary/aromatic N) is 2. The van der Waals surface area contributed by atoms with Crippen LogP contribution in [-0.2, 0) is 6.18 Å². The van der Waals surface area contributed by atoms with E-state index >= 15 is 0 Å². The summed E-state index contributed by atoms with van der Waals surface area (Å²) in [5.41, 5.74) is -1.91. The SMILES string of the molecule is C[C@]1(O)C[C@@H](n2cc3cc(O)cc(C(F)(F)F)c3n2)C1. The normalized spacial score (nSPS) is 26.8. The monoisotopic (exact) mass is 286 g/mol. The highest BCUT2D eigenvalue weighted by molar-refractivity contribution is 5.83. The third-order valence-corrected chi connectivity index (χ3v) is 3.64. The van der Waals surface area contributed by atoms with Crippen molar-refractivity contribution in [3.05, 3.63) is 23.9 Å². The van der Waals surface area contributed by atoms with Crippen molar-refractivity contribution >= 4 is 10.9 Å². The van der Waals surface area contributed by atoms with Gasteiger partial charge < -0.3 is 10.2 Å². The molecule has 0 bridgehead atoms. The number of aromatic hydroxyl groups is 1. The predicted molar refractivity (Wildman–Crippen MR) is 65.3 cm³/mol. The van der Waals surface area contributed by atoms with E-state index in [4.69, 9.17) is 0 Å². The third-order valence-electron chi connectivity index (χ3n) is 3.64. The molecule has 3 rings (SSSR count). The maximum atomic E-state index is 12.9. The summed E-state index contributed by atoms with van der Waals surface area (Å²) in [6.07, 6.45) is -2.19. The number of benzene rings is 1. The predicted octanol–water partition coefficient (Wildman–Crippen LogP) is 2.85. The second kappa shape index (κ2) is 3.88. The lowest BCUT2D eigenvalue weighted by molar-refractivity contribution is -0.136. The molecule has 1 aliphatic carbocycles. The van der Waals surface area contributed by atoms with E-state index in [9.17, 15) is 23.4 Å². The summed E-state index contributed by atoms with van der Waals surface area (Å²) in [4.78, 5) is 0. The van der Waals surface area contributed by atoms with Crippen molar-refractivity contribution in [3.8, 4) is 5.75 Å². The third kappa shape index (κ3) is 2.11. The van der Waals surface area contributed by atoms with Gasteiger partial charge in [-0.3, -0.25) is 4.68 Å². The molecule has 0 saturated heterocycles. The van der Waals surface area contributed by atoms with E-state index in [1.807, 2.05) is 0 Å². The average molecular weight is 286 g/mol. The zero-order valence-corrected chi connectivity index (χ0v) is 10.6. The first-order valence-corrected chi connectivity index (χ1v) is 6.17. The summed E-state index contributed by atoms with van der Waals surface area (Å²) >= 11 is 0. The van der Waals surface area contributed by atoms with Gasteiger partial charge in [0.15, 0.2) is 0 Å². The van der Waals surface area contributed by atoms with E-state index in [-0.39, 0.29) is 16.9 Å². The number of aromatic nitrogens is 2. The van der Waals surface area contributed by atoms with Gasteiger partial charge in [-0.2, -0.15) is 18.3 Å². The van der Waals surface area contributed by atoms with Gasteiger partial charge in [0.2, 0.25) is 0 Å². The number of hydrogen-bond acceptors (Lipinski definition) is 3. The minimum atomic E-state index is -4.57. The molecular weight excluding hydrogens is 273 g/mol. The number of phenolic OH excluding ortho intramolecular Hbond substituents is 1. The van der Waals surface area contributed by atoms with Crippen LogP contribution in [0.2, 0.25) is 0 Å². The van der Waals surface area contributed by atoms with E-state index in [0.717, 1.165) is 0 Å². The van der Waals surface area contributed by atoms with Crippen LogP contribution in [0.3, 0.4) is 0 Å². The number of phenols is 1. The quantitative estimate of drug-likeness (QED) is 0.847. The molecule has 1 aromatic carbocycles. The van der Waals surface area contributed by atoms with Crippen LogP contribution in [-0.4, -0.2) is 25.6 Å². The maximum absolute atomic E-state index is 12.9. The molecule has 1 heterocycles. The Bertz CT molecular complexity index is 668. The Kier molecular flexibility index (Phi) is 2.57. The van der Waals surface area contributed by atoms with Crippen molar-refractivity contribution in [1.29, 1.82) is 0 Å². The van der Waals surface area contributed by atoms with Gasteiger partial charge in [0, 0.05) is 11.6 Å². The molecule has 7 heteroatoms. The van der Waals surface area contributed by atoms with Crippen LogP contribution in [0.5, 0.6) is 5.75 Å². The Morgan fingerprint density at radius 3 is 2.55 bits per heavy atom. The lowest BCUT2D eigenvalue weighted by Gasteiger charge is -2.40. The van der Waals surface area contributed by atoms with Crippen LogP contribution in [0.15, 0.2) is 18.3 Å². The Morgan fingerprint density at radius 1 is 1.35 bits per heavy atom. The smallest absolute Gasteiger partial charge is 0.418 e. The van der Waals surface area contributed by atoms with Gasteiger partial charge in [0.1, 0.15) is 11.3 Å². The van der Waals surface area contributed by atoms with E-state index in [2.05, 4.69) is 5.10 Å². The van der Waals surface area contributed by atoms with Gasteiger partial charge in [-0.1, -0.05) is 0 Å². The molecule has 0 aliphatic heterocycles. The molecule has 4 nitrogen and oxygen atoms in total. The number of hydrogen-bond donors (Lipinski definition) is 2. The van der Waals surface area contributed by atoms with Gasteiger partial charge in [0.05, 0.1) is 17.2 Å². The van der Waals surface area contributed by atoms with Crippen LogP contribution < -0.4 is 0 Å². The van der Waals surface area contributed by atoms with E-state index < -0.39 is 23.1 Å². The van der Waals surface area contributed by atoms with Gasteiger partial charge in [-0.05, 0) is 31.9 Å². The standard InChI is InChI=1S/C13H13F3N2O2/c1-12(20)4-8(5-12)18-6-7-2-9(19)3-10(11(7)17-18)13(14,15)16/h2-3,6,8,19-20H,4-5H2,1H3/t8-,12+. The Balaban J connectivity index is 2.07. The van der Waals surface area contributed by atoms with Crippen LogP contribution in [0.1, 0.15) is 31.4 Å². The molecule has 2 aromatic rings. The van der Waals surface area contributed by atoms with Crippen molar-refractivity contribution in [2.24, 2.45) is 0 Å². The largest absolute Gasteiger partial charge is 0.508 e. The molecule has 0 amide bonds. The van der Waals surface area contributed by atoms with Gasteiger partial charge >= 0.3 is 6.18 Å². The number of aliphatic hydroxyl groups is 1. The second-order valence-corrected chi connectivity index (χ2v) is 5.60. The van der Waals surface area contributed by atoms with Crippen LogP contribution in [0.25, 0.3) is 10.9 Å². The second-order valence-electron chi connectivity index (χ2n) is 5.60. The lowest BCUT2D eigenvalue weighted by atomic mass is 9.77. The van der Waals surface area contributed by atoms with Crippen LogP contribution in [0, 0.1) is 0 Å². The van der Waals surface area contributed by atoms with Gasteiger partial charge in [0.25, 0.3) is 0 Å². The summed E-state index contributed by atoms with van der Waals surface area (Å²) in [7, 11) is 0. The van der Waals surface area contributed by atoms with E-state index in [0.29, 0.717) is 18.9 Å². The Hall–Kier alpha value is -1.76. The first-order valence-electron chi connectivity index (χ1n) is 6.17. The van der Waals surface area contributed by atoms with Gasteiger partial charge in [-0.25, -0.2) is 0 Å². The van der Waals surface area contributed by atoms with E-state index in [1.165, 1.54) is 16.9 Å². The zero-order valence-electron chi connectivity index (χ0n) is 10.6. The highest BCUT2D eigenvalue weighted by atomic mass is 19.4. The minimum Gasteiger partial charge on any atom is -0.508 e. The molecule has 0 atom stereocenters. The fraction of sp³-hybridized carbons (Fsp3) is 0.462. The first-order chi connectivity index (χ1) is 9.16. The van der Waals surface area contributed by atoms with Crippen molar-refractivity contribution in [2.75, 3.05) is 0 Å². The fourth-order valence-corrected chi connectivity index (χ4v) is 2.68. The molecule has 108 valence electrons.